The number of aryl methyl sites for hydroxylation is 3. The number of aliphatic hydroxyl groups excluding tert-OH is 1. The minimum Gasteiger partial charge on any atom is -0.493 e. The van der Waals surface area contributed by atoms with Gasteiger partial charge in [-0.25, -0.2) is 0 Å². The quantitative estimate of drug-likeness (QED) is 0.215. The molecule has 0 bridgehead atoms. The topological polar surface area (TPSA) is 91.5 Å². The van der Waals surface area contributed by atoms with Gasteiger partial charge in [0.25, 0.3) is 0 Å². The van der Waals surface area contributed by atoms with Crippen molar-refractivity contribution in [2.24, 2.45) is 0 Å². The third-order valence-electron chi connectivity index (χ3n) is 6.56. The Morgan fingerprint density at radius 1 is 0.917 bits per heavy atom. The van der Waals surface area contributed by atoms with E-state index < -0.39 is 6.29 Å². The van der Waals surface area contributed by atoms with E-state index in [1.807, 2.05) is 30.3 Å². The zero-order chi connectivity index (χ0) is 24.9. The number of hydrogen-bond acceptors (Lipinski definition) is 5. The van der Waals surface area contributed by atoms with Gasteiger partial charge >= 0.3 is 0 Å². The van der Waals surface area contributed by atoms with Gasteiger partial charge in [-0.15, -0.1) is 0 Å². The van der Waals surface area contributed by atoms with E-state index in [9.17, 15) is 10.2 Å². The molecule has 36 heavy (non-hydrogen) atoms. The molecule has 186 valence electrons. The maximum Gasteiger partial charge on any atom is 0.174 e. The molecule has 0 unspecified atom stereocenters. The number of ether oxygens (including phenoxy) is 1. The molecule has 5 aromatic rings. The minimum absolute atomic E-state index is 0.220. The van der Waals surface area contributed by atoms with E-state index in [2.05, 4.69) is 53.5 Å². The van der Waals surface area contributed by atoms with Crippen molar-refractivity contribution in [1.29, 1.82) is 0 Å². The molecule has 6 nitrogen and oxygen atoms in total. The molecule has 0 fully saturated rings. The molecule has 0 aliphatic carbocycles. The van der Waals surface area contributed by atoms with Gasteiger partial charge in [0.05, 0.1) is 12.3 Å². The van der Waals surface area contributed by atoms with Gasteiger partial charge in [0.15, 0.2) is 11.9 Å². The van der Waals surface area contributed by atoms with Gasteiger partial charge in [-0.1, -0.05) is 54.9 Å². The number of nitrogens with zero attached hydrogens (tertiary/aromatic N) is 1. The molecule has 0 atom stereocenters. The second-order valence-corrected chi connectivity index (χ2v) is 9.28. The van der Waals surface area contributed by atoms with Crippen molar-refractivity contribution >= 4 is 21.9 Å². The highest BCUT2D eigenvalue weighted by Gasteiger charge is 2.16. The molecular weight excluding hydrogens is 452 g/mol. The second-order valence-electron chi connectivity index (χ2n) is 9.28. The predicted molar refractivity (Wildman–Crippen MR) is 141 cm³/mol. The first-order valence-electron chi connectivity index (χ1n) is 12.6. The van der Waals surface area contributed by atoms with E-state index >= 15 is 0 Å². The van der Waals surface area contributed by atoms with Crippen LogP contribution in [-0.4, -0.2) is 33.3 Å². The third kappa shape index (κ3) is 5.45. The zero-order valence-corrected chi connectivity index (χ0v) is 20.5. The summed E-state index contributed by atoms with van der Waals surface area (Å²) in [5.74, 6) is 0.852. The molecule has 3 N–H and O–H groups in total. The van der Waals surface area contributed by atoms with Crippen LogP contribution in [0.3, 0.4) is 0 Å². The maximum atomic E-state index is 9.23. The van der Waals surface area contributed by atoms with Crippen molar-refractivity contribution in [3.05, 3.63) is 94.8 Å². The number of hydrogen-bond donors (Lipinski definition) is 3. The summed E-state index contributed by atoms with van der Waals surface area (Å²) in [6, 6.07) is 22.5. The monoisotopic (exact) mass is 484 g/mol. The van der Waals surface area contributed by atoms with E-state index in [-0.39, 0.29) is 6.42 Å². The van der Waals surface area contributed by atoms with Crippen LogP contribution in [0.4, 0.5) is 0 Å². The van der Waals surface area contributed by atoms with Gasteiger partial charge in [0, 0.05) is 35.0 Å². The first-order chi connectivity index (χ1) is 17.6. The van der Waals surface area contributed by atoms with Crippen LogP contribution in [0.2, 0.25) is 0 Å². The smallest absolute Gasteiger partial charge is 0.174 e. The SMILES string of the molecule is CCCc1c(OCCc2cc3cc(CC(O)O)ccc3[nH]2)ccc2c(CCc3ccccc3)noc12. The molecule has 0 saturated heterocycles. The first kappa shape index (κ1) is 24.1. The molecule has 6 heteroatoms. The molecule has 0 aliphatic rings. The van der Waals surface area contributed by atoms with Gasteiger partial charge < -0.3 is 24.5 Å². The summed E-state index contributed by atoms with van der Waals surface area (Å²) in [5, 5.41) is 25.0. The van der Waals surface area contributed by atoms with Crippen LogP contribution in [0.1, 0.15) is 41.4 Å². The van der Waals surface area contributed by atoms with Crippen molar-refractivity contribution in [3.8, 4) is 5.75 Å². The van der Waals surface area contributed by atoms with Gasteiger partial charge in [-0.05, 0) is 66.1 Å². The van der Waals surface area contributed by atoms with Crippen LogP contribution in [-0.2, 0) is 32.1 Å². The fourth-order valence-electron chi connectivity index (χ4n) is 4.79. The van der Waals surface area contributed by atoms with Crippen LogP contribution in [0.25, 0.3) is 21.9 Å². The normalized spacial score (nSPS) is 11.7. The second kappa shape index (κ2) is 11.0. The van der Waals surface area contributed by atoms with E-state index in [4.69, 9.17) is 9.26 Å². The number of H-pyrrole nitrogens is 1. The van der Waals surface area contributed by atoms with Gasteiger partial charge in [0.2, 0.25) is 0 Å². The lowest BCUT2D eigenvalue weighted by atomic mass is 10.0. The van der Waals surface area contributed by atoms with E-state index in [1.165, 1.54) is 5.56 Å². The number of aromatic amines is 1. The molecule has 2 heterocycles. The molecule has 3 aromatic carbocycles. The fourth-order valence-corrected chi connectivity index (χ4v) is 4.79. The van der Waals surface area contributed by atoms with Crippen molar-refractivity contribution in [1.82, 2.24) is 10.1 Å². The van der Waals surface area contributed by atoms with Gasteiger partial charge in [0.1, 0.15) is 5.75 Å². The van der Waals surface area contributed by atoms with Crippen molar-refractivity contribution in [2.45, 2.75) is 51.7 Å². The average molecular weight is 485 g/mol. The Bertz CT molecular complexity index is 1440. The van der Waals surface area contributed by atoms with Crippen LogP contribution >= 0.6 is 0 Å². The summed E-state index contributed by atoms with van der Waals surface area (Å²) in [4.78, 5) is 3.43. The molecule has 0 saturated carbocycles. The van der Waals surface area contributed by atoms with Crippen LogP contribution < -0.4 is 4.74 Å². The van der Waals surface area contributed by atoms with Crippen LogP contribution in [0.5, 0.6) is 5.75 Å². The standard InChI is InChI=1S/C30H32N2O4/c1-2-6-25-28(14-11-24-27(32-36-30(24)25)13-9-20-7-4-3-5-8-20)35-16-15-23-19-22-17-21(18-29(33)34)10-12-26(22)31-23/h3-5,7-8,10-12,14,17,19,29,31,33-34H,2,6,9,13,15-16,18H2,1H3. The minimum atomic E-state index is -1.34. The Hall–Kier alpha value is -3.61. The summed E-state index contributed by atoms with van der Waals surface area (Å²) in [6.07, 6.45) is 3.23. The Balaban J connectivity index is 1.28. The Kier molecular flexibility index (Phi) is 7.35. The number of aliphatic hydroxyl groups is 2. The molecule has 2 aromatic heterocycles. The highest BCUT2D eigenvalue weighted by atomic mass is 16.5. The molecule has 0 radical (unpaired) electrons. The Morgan fingerprint density at radius 2 is 1.78 bits per heavy atom. The lowest BCUT2D eigenvalue weighted by Crippen LogP contribution is -2.07. The Labute approximate surface area is 210 Å². The maximum absolute atomic E-state index is 9.23. The summed E-state index contributed by atoms with van der Waals surface area (Å²) < 4.78 is 12.1. The molecular formula is C30H32N2O4. The zero-order valence-electron chi connectivity index (χ0n) is 20.5. The van der Waals surface area contributed by atoms with Gasteiger partial charge in [-0.3, -0.25) is 0 Å². The lowest BCUT2D eigenvalue weighted by molar-refractivity contribution is -0.0381. The summed E-state index contributed by atoms with van der Waals surface area (Å²) in [5.41, 5.74) is 7.20. The van der Waals surface area contributed by atoms with E-state index in [1.54, 1.807) is 0 Å². The summed E-state index contributed by atoms with van der Waals surface area (Å²) in [6.45, 7) is 2.69. The summed E-state index contributed by atoms with van der Waals surface area (Å²) >= 11 is 0. The van der Waals surface area contributed by atoms with E-state index in [0.717, 1.165) is 82.2 Å². The van der Waals surface area contributed by atoms with E-state index in [0.29, 0.717) is 6.61 Å². The Morgan fingerprint density at radius 3 is 2.58 bits per heavy atom. The first-order valence-corrected chi connectivity index (χ1v) is 12.6. The number of fused-ring (bicyclic) bond motifs is 2. The van der Waals surface area contributed by atoms with Crippen molar-refractivity contribution in [2.75, 3.05) is 6.61 Å². The van der Waals surface area contributed by atoms with Crippen LogP contribution in [0.15, 0.2) is 71.3 Å². The van der Waals surface area contributed by atoms with Crippen LogP contribution in [0, 0.1) is 0 Å². The number of benzene rings is 3. The summed E-state index contributed by atoms with van der Waals surface area (Å²) in [7, 11) is 0. The number of aromatic nitrogens is 2. The average Bonchev–Trinajstić information content (AvgIpc) is 3.47. The molecule has 0 amide bonds. The highest BCUT2D eigenvalue weighted by Crippen LogP contribution is 2.32. The molecule has 0 aliphatic heterocycles. The largest absolute Gasteiger partial charge is 0.493 e. The number of nitrogens with one attached hydrogen (secondary N) is 1. The highest BCUT2D eigenvalue weighted by molar-refractivity contribution is 5.85. The molecule has 0 spiro atoms. The third-order valence-corrected chi connectivity index (χ3v) is 6.56. The van der Waals surface area contributed by atoms with Gasteiger partial charge in [-0.2, -0.15) is 0 Å². The number of rotatable bonds is 11. The lowest BCUT2D eigenvalue weighted by Gasteiger charge is -2.11. The van der Waals surface area contributed by atoms with Crippen molar-refractivity contribution in [3.63, 3.8) is 0 Å². The van der Waals surface area contributed by atoms with Crippen molar-refractivity contribution < 1.29 is 19.5 Å². The molecule has 5 rings (SSSR count). The predicted octanol–water partition coefficient (Wildman–Crippen LogP) is 5.52. The fraction of sp³-hybridized carbons (Fsp3) is 0.300.